The van der Waals surface area contributed by atoms with Crippen LogP contribution in [0.2, 0.25) is 0 Å². The predicted octanol–water partition coefficient (Wildman–Crippen LogP) is 4.81. The van der Waals surface area contributed by atoms with Gasteiger partial charge in [0.05, 0.1) is 16.2 Å². The van der Waals surface area contributed by atoms with Crippen LogP contribution in [0.4, 0.5) is 23.2 Å². The third kappa shape index (κ3) is 4.47. The zero-order valence-electron chi connectivity index (χ0n) is 18.0. The molecule has 182 valence electrons. The molecule has 5 rings (SSSR count). The summed E-state index contributed by atoms with van der Waals surface area (Å²) in [5, 5.41) is 12.8. The Morgan fingerprint density at radius 3 is 2.39 bits per heavy atom. The molecule has 3 heterocycles. The number of sulfonamides is 1. The summed E-state index contributed by atoms with van der Waals surface area (Å²) in [4.78, 5) is 3.25. The van der Waals surface area contributed by atoms with Crippen LogP contribution in [-0.4, -0.2) is 33.2 Å². The van der Waals surface area contributed by atoms with Gasteiger partial charge in [-0.3, -0.25) is 9.71 Å². The molecule has 0 aliphatic carbocycles. The van der Waals surface area contributed by atoms with Crippen molar-refractivity contribution >= 4 is 21.4 Å². The average Bonchev–Trinajstić information content (AvgIpc) is 3.27. The van der Waals surface area contributed by atoms with Gasteiger partial charge in [0.1, 0.15) is 5.82 Å². The molecule has 0 fully saturated rings. The fourth-order valence-electron chi connectivity index (χ4n) is 3.47. The summed E-state index contributed by atoms with van der Waals surface area (Å²) in [6.07, 6.45) is -1.83. The molecule has 0 unspecified atom stereocenters. The second-order valence-corrected chi connectivity index (χ2v) is 9.26. The zero-order chi connectivity index (χ0) is 25.5. The van der Waals surface area contributed by atoms with Crippen LogP contribution in [0.15, 0.2) is 84.0 Å². The maximum absolute atomic E-state index is 13.6. The Kier molecular flexibility index (Phi) is 5.63. The molecule has 0 aliphatic heterocycles. The highest BCUT2D eigenvalue weighted by atomic mass is 32.2. The van der Waals surface area contributed by atoms with Crippen LogP contribution >= 0.6 is 0 Å². The highest BCUT2D eigenvalue weighted by Crippen LogP contribution is 2.33. The monoisotopic (exact) mass is 514 g/mol. The molecule has 0 saturated heterocycles. The Morgan fingerprint density at radius 1 is 0.861 bits per heavy atom. The molecule has 13 heteroatoms. The molecule has 3 aromatic heterocycles. The van der Waals surface area contributed by atoms with Gasteiger partial charge in [0.25, 0.3) is 10.0 Å². The van der Waals surface area contributed by atoms with E-state index in [4.69, 9.17) is 0 Å². The van der Waals surface area contributed by atoms with E-state index in [0.717, 1.165) is 11.6 Å². The molecule has 1 N–H and O–H groups in total. The minimum Gasteiger partial charge on any atom is -0.280 e. The third-order valence-corrected chi connectivity index (χ3v) is 6.54. The van der Waals surface area contributed by atoms with E-state index < -0.39 is 32.5 Å². The number of fused-ring (bicyclic) bond motifs is 1. The van der Waals surface area contributed by atoms with E-state index in [-0.39, 0.29) is 11.8 Å². The van der Waals surface area contributed by atoms with Gasteiger partial charge in [-0.2, -0.15) is 22.8 Å². The number of rotatable bonds is 5. The van der Waals surface area contributed by atoms with Crippen molar-refractivity contribution in [2.75, 3.05) is 4.72 Å². The normalized spacial score (nSPS) is 12.1. The molecule has 36 heavy (non-hydrogen) atoms. The van der Waals surface area contributed by atoms with Crippen molar-refractivity contribution in [3.05, 3.63) is 90.5 Å². The minimum atomic E-state index is -5.04. The molecule has 0 saturated carbocycles. The Hall–Kier alpha value is -4.39. The summed E-state index contributed by atoms with van der Waals surface area (Å²) in [5.74, 6) is -1.09. The SMILES string of the molecule is O=S(=O)(Nc1cccc(-c2ccc3nnc(-c4ccncc4)n3n2)c1)c1ccc(F)c(C(F)(F)F)c1. The molecule has 0 spiro atoms. The first-order chi connectivity index (χ1) is 17.1. The quantitative estimate of drug-likeness (QED) is 0.338. The van der Waals surface area contributed by atoms with Crippen LogP contribution in [0.5, 0.6) is 0 Å². The van der Waals surface area contributed by atoms with E-state index >= 15 is 0 Å². The first kappa shape index (κ1) is 23.4. The molecule has 0 bridgehead atoms. The van der Waals surface area contributed by atoms with Crippen molar-refractivity contribution in [2.24, 2.45) is 0 Å². The summed E-state index contributed by atoms with van der Waals surface area (Å²) >= 11 is 0. The Balaban J connectivity index is 1.48. The van der Waals surface area contributed by atoms with E-state index in [1.165, 1.54) is 16.6 Å². The Bertz CT molecular complexity index is 1690. The van der Waals surface area contributed by atoms with Crippen molar-refractivity contribution in [3.63, 3.8) is 0 Å². The maximum atomic E-state index is 13.6. The number of aromatic nitrogens is 5. The molecule has 8 nitrogen and oxygen atoms in total. The summed E-state index contributed by atoms with van der Waals surface area (Å²) in [7, 11) is -4.45. The average molecular weight is 514 g/mol. The Labute approximate surface area is 201 Å². The number of benzene rings is 2. The molecule has 0 amide bonds. The summed E-state index contributed by atoms with van der Waals surface area (Å²) < 4.78 is 81.9. The van der Waals surface area contributed by atoms with Crippen LogP contribution < -0.4 is 4.72 Å². The van der Waals surface area contributed by atoms with Gasteiger partial charge in [0.2, 0.25) is 0 Å². The molecule has 0 aliphatic rings. The number of anilines is 1. The van der Waals surface area contributed by atoms with Crippen molar-refractivity contribution in [3.8, 4) is 22.6 Å². The van der Waals surface area contributed by atoms with Gasteiger partial charge in [-0.25, -0.2) is 12.8 Å². The number of nitrogens with zero attached hydrogens (tertiary/aromatic N) is 5. The standard InChI is InChI=1S/C23H14F4N6O2S/c24-19-5-4-17(13-18(19)23(25,26)27)36(34,35)32-16-3-1-2-15(12-16)20-6-7-21-29-30-22(33(21)31-20)14-8-10-28-11-9-14/h1-13,32H. The van der Waals surface area contributed by atoms with E-state index in [1.54, 1.807) is 48.8 Å². The van der Waals surface area contributed by atoms with E-state index in [9.17, 15) is 26.0 Å². The zero-order valence-corrected chi connectivity index (χ0v) is 18.8. The van der Waals surface area contributed by atoms with Crippen molar-refractivity contribution in [1.29, 1.82) is 0 Å². The summed E-state index contributed by atoms with van der Waals surface area (Å²) in [5.41, 5.74) is 0.600. The smallest absolute Gasteiger partial charge is 0.280 e. The lowest BCUT2D eigenvalue weighted by molar-refractivity contribution is -0.140. The minimum absolute atomic E-state index is 0.0744. The maximum Gasteiger partial charge on any atom is 0.419 e. The van der Waals surface area contributed by atoms with Gasteiger partial charge in [-0.1, -0.05) is 12.1 Å². The second kappa shape index (κ2) is 8.68. The second-order valence-electron chi connectivity index (χ2n) is 7.57. The summed E-state index contributed by atoms with van der Waals surface area (Å²) in [6, 6.07) is 14.5. The molecule has 0 radical (unpaired) electrons. The number of alkyl halides is 3. The lowest BCUT2D eigenvalue weighted by atomic mass is 10.1. The predicted molar refractivity (Wildman–Crippen MR) is 122 cm³/mol. The van der Waals surface area contributed by atoms with Gasteiger partial charge in [0.15, 0.2) is 11.5 Å². The van der Waals surface area contributed by atoms with Gasteiger partial charge in [-0.15, -0.1) is 10.2 Å². The van der Waals surface area contributed by atoms with Crippen LogP contribution in [0.1, 0.15) is 5.56 Å². The van der Waals surface area contributed by atoms with E-state index in [0.29, 0.717) is 28.8 Å². The first-order valence-corrected chi connectivity index (χ1v) is 11.7. The van der Waals surface area contributed by atoms with Crippen LogP contribution in [0, 0.1) is 5.82 Å². The lowest BCUT2D eigenvalue weighted by Crippen LogP contribution is -2.15. The number of pyridine rings is 1. The van der Waals surface area contributed by atoms with Crippen molar-refractivity contribution in [2.45, 2.75) is 11.1 Å². The number of hydrogen-bond donors (Lipinski definition) is 1. The van der Waals surface area contributed by atoms with Gasteiger partial charge >= 0.3 is 6.18 Å². The topological polar surface area (TPSA) is 102 Å². The molecular weight excluding hydrogens is 500 g/mol. The highest BCUT2D eigenvalue weighted by Gasteiger charge is 2.35. The fourth-order valence-corrected chi connectivity index (χ4v) is 4.54. The van der Waals surface area contributed by atoms with Crippen LogP contribution in [-0.2, 0) is 16.2 Å². The van der Waals surface area contributed by atoms with Crippen LogP contribution in [0.25, 0.3) is 28.3 Å². The highest BCUT2D eigenvalue weighted by molar-refractivity contribution is 7.92. The summed E-state index contributed by atoms with van der Waals surface area (Å²) in [6.45, 7) is 0. The van der Waals surface area contributed by atoms with Gasteiger partial charge in [0, 0.05) is 29.2 Å². The lowest BCUT2D eigenvalue weighted by Gasteiger charge is -2.12. The van der Waals surface area contributed by atoms with Crippen molar-refractivity contribution in [1.82, 2.24) is 24.8 Å². The van der Waals surface area contributed by atoms with E-state index in [2.05, 4.69) is 25.0 Å². The number of halogens is 4. The van der Waals surface area contributed by atoms with Gasteiger partial charge in [-0.05, 0) is 54.6 Å². The molecule has 0 atom stereocenters. The Morgan fingerprint density at radius 2 is 1.64 bits per heavy atom. The van der Waals surface area contributed by atoms with Crippen molar-refractivity contribution < 1.29 is 26.0 Å². The molecular formula is C23H14F4N6O2S. The molecule has 5 aromatic rings. The fraction of sp³-hybridized carbons (Fsp3) is 0.0435. The first-order valence-electron chi connectivity index (χ1n) is 10.2. The van der Waals surface area contributed by atoms with Gasteiger partial charge < -0.3 is 0 Å². The van der Waals surface area contributed by atoms with Crippen LogP contribution in [0.3, 0.4) is 0 Å². The number of hydrogen-bond acceptors (Lipinski definition) is 6. The molecule has 2 aromatic carbocycles. The van der Waals surface area contributed by atoms with E-state index in [1.807, 2.05) is 0 Å². The number of nitrogens with one attached hydrogen (secondary N) is 1. The third-order valence-electron chi connectivity index (χ3n) is 5.17. The largest absolute Gasteiger partial charge is 0.419 e.